The van der Waals surface area contributed by atoms with Crippen molar-refractivity contribution in [3.8, 4) is 5.75 Å². The van der Waals surface area contributed by atoms with Crippen molar-refractivity contribution in [2.75, 3.05) is 58.1 Å². The number of aromatic nitrogens is 1. The van der Waals surface area contributed by atoms with Crippen molar-refractivity contribution in [2.45, 2.75) is 219 Å². The molecule has 2 heterocycles. The molecule has 2 aromatic carbocycles. The largest absolute Gasteiger partial charge is 0.508 e. The fourth-order valence-electron chi connectivity index (χ4n) is 12.8. The number of urea groups is 2. The lowest BCUT2D eigenvalue weighted by Gasteiger charge is -2.39. The molecule has 117 heavy (non-hydrogen) atoms. The minimum atomic E-state index is -1.76. The summed E-state index contributed by atoms with van der Waals surface area (Å²) >= 11 is 1.08. The summed E-state index contributed by atoms with van der Waals surface area (Å²) in [5.74, 6) is -16.9. The van der Waals surface area contributed by atoms with Crippen molar-refractivity contribution in [2.24, 2.45) is 29.6 Å². The smallest absolute Gasteiger partial charge is 0.327 e. The van der Waals surface area contributed by atoms with E-state index in [0.29, 0.717) is 42.6 Å². The number of thiazole rings is 1. The molecule has 648 valence electrons. The van der Waals surface area contributed by atoms with Crippen LogP contribution in [0.4, 0.5) is 9.59 Å². The lowest BCUT2D eigenvalue weighted by atomic mass is 9.82. The number of carboxylic acid groups (broad SMARTS) is 5. The first kappa shape index (κ1) is 99.6. The molecule has 0 saturated carbocycles. The molecule has 11 atom stereocenters. The molecule has 0 aliphatic carbocycles. The Bertz CT molecular complexity index is 3810. The Morgan fingerprint density at radius 3 is 1.95 bits per heavy atom. The summed E-state index contributed by atoms with van der Waals surface area (Å²) in [7, 11) is 3.62. The number of hydrogen-bond donors (Lipinski definition) is 14. The van der Waals surface area contributed by atoms with Crippen molar-refractivity contribution in [1.82, 2.24) is 57.3 Å². The lowest BCUT2D eigenvalue weighted by molar-refractivity contribution is -0.155. The number of aliphatic carboxylic acids is 5. The van der Waals surface area contributed by atoms with Gasteiger partial charge in [0, 0.05) is 93.9 Å². The fourth-order valence-corrected chi connectivity index (χ4v) is 15.7. The van der Waals surface area contributed by atoms with Gasteiger partial charge in [0.25, 0.3) is 5.91 Å². The van der Waals surface area contributed by atoms with Gasteiger partial charge < -0.3 is 87.5 Å². The monoisotopic (exact) mass is 1700 g/mol. The van der Waals surface area contributed by atoms with Crippen LogP contribution in [0.15, 0.2) is 53.9 Å². The second-order valence-corrected chi connectivity index (χ2v) is 32.9. The average Bonchev–Trinajstić information content (AvgIpc) is 1.76. The molecule has 1 unspecified atom stereocenters. The van der Waals surface area contributed by atoms with E-state index in [9.17, 15) is 97.5 Å². The van der Waals surface area contributed by atoms with Gasteiger partial charge in [0.05, 0.1) is 49.6 Å². The molecule has 0 radical (unpaired) electrons. The van der Waals surface area contributed by atoms with E-state index in [-0.39, 0.29) is 130 Å². The van der Waals surface area contributed by atoms with E-state index in [1.165, 1.54) is 36.6 Å². The van der Waals surface area contributed by atoms with Crippen LogP contribution in [0.3, 0.4) is 0 Å². The van der Waals surface area contributed by atoms with E-state index < -0.39 is 169 Å². The van der Waals surface area contributed by atoms with E-state index in [0.717, 1.165) is 71.6 Å². The number of hydrogen-bond acceptors (Lipinski definition) is 24. The van der Waals surface area contributed by atoms with E-state index in [2.05, 4.69) is 52.4 Å². The summed E-state index contributed by atoms with van der Waals surface area (Å²) in [5.41, 5.74) is 1.64. The molecule has 14 N–H and O–H groups in total. The maximum absolute atomic E-state index is 15.1. The summed E-state index contributed by atoms with van der Waals surface area (Å²) in [6.07, 6.45) is 1.62. The first-order valence-corrected chi connectivity index (χ1v) is 42.6. The minimum absolute atomic E-state index is 0.00780. The number of phenols is 1. The number of ketones is 3. The summed E-state index contributed by atoms with van der Waals surface area (Å²) in [6, 6.07) is 4.82. The molecular formula is C79H115N11O24S3. The van der Waals surface area contributed by atoms with Gasteiger partial charge in [0.2, 0.25) is 23.6 Å². The number of ether oxygens (including phenoxy) is 2. The second kappa shape index (κ2) is 52.8. The van der Waals surface area contributed by atoms with Crippen molar-refractivity contribution < 1.29 is 117 Å². The van der Waals surface area contributed by atoms with Crippen LogP contribution in [0.2, 0.25) is 0 Å². The van der Waals surface area contributed by atoms with Crippen LogP contribution in [0, 0.1) is 29.6 Å². The number of carboxylic acids is 5. The van der Waals surface area contributed by atoms with Crippen LogP contribution in [-0.2, 0) is 91.2 Å². The Balaban J connectivity index is 1.32. The number of carbonyl (C=O) groups excluding carboxylic acids is 11. The Hall–Kier alpha value is -9.79. The zero-order valence-corrected chi connectivity index (χ0v) is 70.0. The van der Waals surface area contributed by atoms with Crippen molar-refractivity contribution in [3.05, 3.63) is 81.3 Å². The number of nitrogens with zero attached hydrogens (tertiary/aromatic N) is 3. The number of aromatic hydroxyl groups is 1. The molecule has 4 rings (SSSR count). The van der Waals surface area contributed by atoms with Crippen LogP contribution >= 0.6 is 32.9 Å². The Morgan fingerprint density at radius 2 is 1.32 bits per heavy atom. The van der Waals surface area contributed by atoms with Gasteiger partial charge >= 0.3 is 47.9 Å². The molecule has 0 bridgehead atoms. The third-order valence-corrected chi connectivity index (χ3v) is 22.9. The molecule has 35 nitrogen and oxygen atoms in total. The van der Waals surface area contributed by atoms with Gasteiger partial charge in [0.1, 0.15) is 35.3 Å². The number of piperidine rings is 1. The highest BCUT2D eigenvalue weighted by Crippen LogP contribution is 2.34. The van der Waals surface area contributed by atoms with E-state index >= 15 is 4.79 Å². The SMILES string of the molecule is CCCCOCN(C(=O)[C@@H](CC(=O)[C@H]1CCCCN1C)C(C)CC)[C@H](C[C@@H](OC(C)=O)c1nc(C(=O)N[C@@H](Cc2ccc(O)cc2)C[C@H](C)C(=O)CNC(=O)CSSC[C@@H](NC(=O)[C@H](CC(=O)O)CC(=O)[C@H](CC(=O)O)NC(=O)Cc2ccc(CNC(=O)NCCCC[C@@H](NC(=O)NCCCC(=O)O)C(=O)O)cc2)C(=O)O)cs1)C(C)C. The zero-order chi connectivity index (χ0) is 86.8. The first-order chi connectivity index (χ1) is 55.5. The summed E-state index contributed by atoms with van der Waals surface area (Å²) in [4.78, 5) is 215. The number of unbranched alkanes of at least 4 members (excludes halogenated alkanes) is 2. The average molecular weight is 1700 g/mol. The highest BCUT2D eigenvalue weighted by Gasteiger charge is 2.40. The number of phenolic OH excluding ortho intramolecular Hbond substituents is 1. The molecule has 1 aliphatic heterocycles. The predicted molar refractivity (Wildman–Crippen MR) is 433 cm³/mol. The van der Waals surface area contributed by atoms with Gasteiger partial charge in [-0.3, -0.25) is 62.4 Å². The number of amides is 9. The van der Waals surface area contributed by atoms with Crippen LogP contribution in [-0.4, -0.2) is 235 Å². The molecule has 9 amide bonds. The summed E-state index contributed by atoms with van der Waals surface area (Å²) < 4.78 is 12.1. The molecule has 1 aliphatic rings. The number of benzene rings is 2. The number of likely N-dealkylation sites (N-methyl/N-ethyl adjacent to an activating group) is 1. The van der Waals surface area contributed by atoms with Gasteiger partial charge in [-0.2, -0.15) is 0 Å². The number of carbonyl (C=O) groups is 16. The van der Waals surface area contributed by atoms with Crippen molar-refractivity contribution >= 4 is 128 Å². The summed E-state index contributed by atoms with van der Waals surface area (Å²) in [6.45, 7) is 13.6. The minimum Gasteiger partial charge on any atom is -0.508 e. The highest BCUT2D eigenvalue weighted by atomic mass is 33.1. The van der Waals surface area contributed by atoms with Crippen LogP contribution in [0.5, 0.6) is 5.75 Å². The van der Waals surface area contributed by atoms with Gasteiger partial charge in [-0.25, -0.2) is 24.2 Å². The normalized spacial score (nSPS) is 15.3. The highest BCUT2D eigenvalue weighted by molar-refractivity contribution is 8.76. The van der Waals surface area contributed by atoms with E-state index in [1.54, 1.807) is 36.1 Å². The zero-order valence-electron chi connectivity index (χ0n) is 67.5. The molecule has 38 heteroatoms. The van der Waals surface area contributed by atoms with Gasteiger partial charge in [-0.15, -0.1) is 11.3 Å². The molecular weight excluding hydrogens is 1580 g/mol. The van der Waals surface area contributed by atoms with Gasteiger partial charge in [-0.05, 0) is 112 Å². The fraction of sp³-hybridized carbons (Fsp3) is 0.608. The van der Waals surface area contributed by atoms with Gasteiger partial charge in [0.15, 0.2) is 23.5 Å². The maximum atomic E-state index is 15.1. The predicted octanol–water partition coefficient (Wildman–Crippen LogP) is 6.42. The first-order valence-electron chi connectivity index (χ1n) is 39.2. The molecule has 1 saturated heterocycles. The Morgan fingerprint density at radius 1 is 0.667 bits per heavy atom. The number of esters is 1. The molecule has 0 spiro atoms. The van der Waals surface area contributed by atoms with Crippen molar-refractivity contribution in [1.29, 1.82) is 0 Å². The van der Waals surface area contributed by atoms with Crippen molar-refractivity contribution in [3.63, 3.8) is 0 Å². The van der Waals surface area contributed by atoms with E-state index in [1.807, 2.05) is 41.7 Å². The van der Waals surface area contributed by atoms with Crippen LogP contribution < -0.4 is 42.5 Å². The number of nitrogens with one attached hydrogen (secondary N) is 8. The Kier molecular flexibility index (Phi) is 44.9. The number of likely N-dealkylation sites (tertiary alicyclic amines) is 1. The molecule has 1 aromatic heterocycles. The molecule has 1 fully saturated rings. The Labute approximate surface area is 692 Å². The summed E-state index contributed by atoms with van der Waals surface area (Å²) in [5, 5.41) is 79.5. The van der Waals surface area contributed by atoms with Gasteiger partial charge in [-0.1, -0.05) is 119 Å². The quantitative estimate of drug-likeness (QED) is 0.0125. The second-order valence-electron chi connectivity index (χ2n) is 29.5. The molecule has 3 aromatic rings. The van der Waals surface area contributed by atoms with Crippen LogP contribution in [0.1, 0.15) is 196 Å². The topological polar surface area (TPSA) is 529 Å². The third kappa shape index (κ3) is 38.0. The third-order valence-electron chi connectivity index (χ3n) is 19.7. The standard InChI is InChI=1S/C79H115N11O24S3/c1-9-11-31-113-45-90(75(106)56(47(5)10-2)37-64(94)61-18-13-15-30-89(61)8)62(46(3)4)39-66(114-49(7)91)74-87-59(42-115-74)73(105)84-54(33-50-24-26-55(92)27-25-50)32-48(6)65(95)41-82-68(97)44-117-116-43-60(77(109)110)86-72(104)53(36-70(100)101)35-63(93)58(38-71(102)103)85-67(96)34-51-20-22-52(23-21-51)40-83-78(111)80-28-14-12-17-57(76(107)108)88-79(112)81-29-16-19-69(98)99/h20-27,42,46-48,53-54,56-58,60-62,66,92H,9-19,28-41,43-45H2,1-8H3,(H,82,97)(H,84,105)(H,85,96)(H,86,104)(H,98,99)(H,100,101)(H,102,103)(H,107,108)(H,109,110)(H2,80,83,111)(H2,81,88,112)/t47?,48-,53-,54+,56-,57+,58-,60+,61+,62+,66+/m0/s1. The number of rotatable bonds is 57. The maximum Gasteiger partial charge on any atom is 0.327 e. The number of Topliss-reactive ketones (excluding diaryl/α,β-unsaturated/α-hetero) is 3. The van der Waals surface area contributed by atoms with E-state index in [4.69, 9.17) is 14.6 Å². The van der Waals surface area contributed by atoms with Crippen LogP contribution in [0.25, 0.3) is 0 Å². The lowest BCUT2D eigenvalue weighted by Crippen LogP contribution is -2.50.